The Hall–Kier alpha value is -3.64. The highest BCUT2D eigenvalue weighted by Gasteiger charge is 2.45. The topological polar surface area (TPSA) is 129 Å². The van der Waals surface area contributed by atoms with Crippen LogP contribution >= 0.6 is 0 Å². The third kappa shape index (κ3) is 5.54. The van der Waals surface area contributed by atoms with Crippen LogP contribution in [0.1, 0.15) is 43.7 Å². The van der Waals surface area contributed by atoms with Crippen LogP contribution in [0.4, 0.5) is 0 Å². The van der Waals surface area contributed by atoms with Gasteiger partial charge in [-0.05, 0) is 60.6 Å². The van der Waals surface area contributed by atoms with Gasteiger partial charge in [0.25, 0.3) is 5.91 Å². The molecular weight excluding hydrogens is 466 g/mol. The van der Waals surface area contributed by atoms with Crippen LogP contribution in [0.5, 0.6) is 0 Å². The van der Waals surface area contributed by atoms with Crippen molar-refractivity contribution in [2.24, 2.45) is 5.92 Å². The van der Waals surface area contributed by atoms with Crippen LogP contribution in [0.2, 0.25) is 0 Å². The molecule has 3 aromatic rings. The molecule has 1 saturated carbocycles. The molecule has 9 heteroatoms. The number of amides is 2. The molecule has 2 amide bonds. The van der Waals surface area contributed by atoms with Crippen LogP contribution in [-0.2, 0) is 14.6 Å². The average Bonchev–Trinajstić information content (AvgIpc) is 3.44. The van der Waals surface area contributed by atoms with E-state index < -0.39 is 27.3 Å². The summed E-state index contributed by atoms with van der Waals surface area (Å²) in [6.07, 6.45) is 2.81. The summed E-state index contributed by atoms with van der Waals surface area (Å²) >= 11 is 0. The first kappa shape index (κ1) is 24.5. The Bertz CT molecular complexity index is 1430. The lowest BCUT2D eigenvalue weighted by Gasteiger charge is -2.21. The fourth-order valence-corrected chi connectivity index (χ4v) is 4.49. The summed E-state index contributed by atoms with van der Waals surface area (Å²) in [5.41, 5.74) is 1.29. The van der Waals surface area contributed by atoms with E-state index in [9.17, 15) is 23.3 Å². The molecule has 35 heavy (non-hydrogen) atoms. The van der Waals surface area contributed by atoms with Gasteiger partial charge in [-0.25, -0.2) is 8.42 Å². The maximum atomic E-state index is 12.9. The molecular formula is C26H27N3O5S. The molecule has 1 atom stereocenters. The monoisotopic (exact) mass is 493 g/mol. The Morgan fingerprint density at radius 2 is 1.74 bits per heavy atom. The standard InChI is InChI=1S/C26H27N3O5S/c1-16(2)12-21(24(30)29-26(15-27)10-11-26)28-25(31)23-14-19-5-4-18(13-22(19)34-23)17-6-8-20(9-7-17)35(3,32)33/h4-9,13-14,16,21H,10-12H2,1-3H3,(H,28,31)(H,29,30)/t21-/m0/s1. The van der Waals surface area contributed by atoms with Gasteiger partial charge < -0.3 is 15.1 Å². The van der Waals surface area contributed by atoms with Crippen molar-refractivity contribution in [3.05, 3.63) is 54.3 Å². The molecule has 0 bridgehead atoms. The molecule has 1 aliphatic carbocycles. The summed E-state index contributed by atoms with van der Waals surface area (Å²) in [4.78, 5) is 26.0. The molecule has 1 fully saturated rings. The fraction of sp³-hybridized carbons (Fsp3) is 0.346. The molecule has 182 valence electrons. The van der Waals surface area contributed by atoms with E-state index in [4.69, 9.17) is 4.42 Å². The molecule has 1 heterocycles. The number of hydrogen-bond donors (Lipinski definition) is 2. The predicted molar refractivity (Wildman–Crippen MR) is 131 cm³/mol. The first-order valence-electron chi connectivity index (χ1n) is 11.4. The quantitative estimate of drug-likeness (QED) is 0.491. The van der Waals surface area contributed by atoms with Crippen molar-refractivity contribution in [3.8, 4) is 17.2 Å². The lowest BCUT2D eigenvalue weighted by Crippen LogP contribution is -2.50. The summed E-state index contributed by atoms with van der Waals surface area (Å²) in [5.74, 6) is -0.659. The fourth-order valence-electron chi connectivity index (χ4n) is 3.86. The summed E-state index contributed by atoms with van der Waals surface area (Å²) in [6, 6.07) is 15.0. The summed E-state index contributed by atoms with van der Waals surface area (Å²) in [5, 5.41) is 15.5. The van der Waals surface area contributed by atoms with E-state index in [0.717, 1.165) is 22.8 Å². The lowest BCUT2D eigenvalue weighted by molar-refractivity contribution is -0.123. The Morgan fingerprint density at radius 1 is 1.09 bits per heavy atom. The van der Waals surface area contributed by atoms with Crippen molar-refractivity contribution < 1.29 is 22.4 Å². The Labute approximate surface area is 204 Å². The van der Waals surface area contributed by atoms with Crippen molar-refractivity contribution >= 4 is 32.6 Å². The number of sulfone groups is 1. The zero-order valence-corrected chi connectivity index (χ0v) is 20.6. The molecule has 0 unspecified atom stereocenters. The van der Waals surface area contributed by atoms with E-state index in [1.807, 2.05) is 26.0 Å². The Kier molecular flexibility index (Phi) is 6.43. The zero-order valence-electron chi connectivity index (χ0n) is 19.8. The summed E-state index contributed by atoms with van der Waals surface area (Å²) in [7, 11) is -3.28. The molecule has 4 rings (SSSR count). The van der Waals surface area contributed by atoms with Crippen LogP contribution in [0.25, 0.3) is 22.1 Å². The number of carbonyl (C=O) groups is 2. The number of nitrogens with one attached hydrogen (secondary N) is 2. The third-order valence-electron chi connectivity index (χ3n) is 6.02. The van der Waals surface area contributed by atoms with Gasteiger partial charge in [-0.3, -0.25) is 9.59 Å². The van der Waals surface area contributed by atoms with Gasteiger partial charge >= 0.3 is 0 Å². The molecule has 0 aliphatic heterocycles. The first-order chi connectivity index (χ1) is 16.5. The Balaban J connectivity index is 1.53. The molecule has 1 aromatic heterocycles. The number of fused-ring (bicyclic) bond motifs is 1. The van der Waals surface area contributed by atoms with Gasteiger partial charge in [0.15, 0.2) is 15.6 Å². The van der Waals surface area contributed by atoms with Gasteiger partial charge in [-0.15, -0.1) is 0 Å². The van der Waals surface area contributed by atoms with Crippen LogP contribution in [0, 0.1) is 17.2 Å². The van der Waals surface area contributed by atoms with Crippen molar-refractivity contribution in [3.63, 3.8) is 0 Å². The van der Waals surface area contributed by atoms with E-state index in [1.54, 1.807) is 36.4 Å². The second kappa shape index (κ2) is 9.19. The molecule has 2 aromatic carbocycles. The number of nitrogens with zero attached hydrogens (tertiary/aromatic N) is 1. The summed E-state index contributed by atoms with van der Waals surface area (Å²) in [6.45, 7) is 3.91. The highest BCUT2D eigenvalue weighted by molar-refractivity contribution is 7.90. The predicted octanol–water partition coefficient (Wildman–Crippen LogP) is 3.82. The zero-order chi connectivity index (χ0) is 25.4. The van der Waals surface area contributed by atoms with Gasteiger partial charge in [0.05, 0.1) is 11.0 Å². The van der Waals surface area contributed by atoms with Crippen molar-refractivity contribution in [1.82, 2.24) is 10.6 Å². The number of furan rings is 1. The van der Waals surface area contributed by atoms with Crippen LogP contribution in [0.15, 0.2) is 57.8 Å². The third-order valence-corrected chi connectivity index (χ3v) is 7.14. The summed E-state index contributed by atoms with van der Waals surface area (Å²) < 4.78 is 29.2. The molecule has 0 radical (unpaired) electrons. The highest BCUT2D eigenvalue weighted by Crippen LogP contribution is 2.34. The van der Waals surface area contributed by atoms with E-state index in [-0.39, 0.29) is 22.5 Å². The van der Waals surface area contributed by atoms with E-state index in [0.29, 0.717) is 24.8 Å². The largest absolute Gasteiger partial charge is 0.451 e. The lowest BCUT2D eigenvalue weighted by atomic mass is 10.0. The van der Waals surface area contributed by atoms with E-state index in [2.05, 4.69) is 16.7 Å². The number of nitriles is 1. The molecule has 0 saturated heterocycles. The number of rotatable bonds is 8. The average molecular weight is 494 g/mol. The van der Waals surface area contributed by atoms with Gasteiger partial charge in [-0.1, -0.05) is 38.1 Å². The van der Waals surface area contributed by atoms with Gasteiger partial charge in [0.2, 0.25) is 5.91 Å². The van der Waals surface area contributed by atoms with Crippen molar-refractivity contribution in [1.29, 1.82) is 5.26 Å². The maximum Gasteiger partial charge on any atom is 0.287 e. The SMILES string of the molecule is CC(C)C[C@H](NC(=O)c1cc2ccc(-c3ccc(S(C)(=O)=O)cc3)cc2o1)C(=O)NC1(C#N)CC1. The Morgan fingerprint density at radius 3 is 2.31 bits per heavy atom. The molecule has 1 aliphatic rings. The smallest absolute Gasteiger partial charge is 0.287 e. The normalized spacial score (nSPS) is 15.4. The molecule has 8 nitrogen and oxygen atoms in total. The minimum atomic E-state index is -3.28. The highest BCUT2D eigenvalue weighted by atomic mass is 32.2. The second-order valence-corrected chi connectivity index (χ2v) is 11.5. The van der Waals surface area contributed by atoms with Crippen LogP contribution < -0.4 is 10.6 Å². The second-order valence-electron chi connectivity index (χ2n) is 9.50. The number of carbonyl (C=O) groups excluding carboxylic acids is 2. The van der Waals surface area contributed by atoms with E-state index >= 15 is 0 Å². The van der Waals surface area contributed by atoms with Crippen LogP contribution in [-0.4, -0.2) is 38.1 Å². The number of hydrogen-bond acceptors (Lipinski definition) is 6. The maximum absolute atomic E-state index is 12.9. The minimum Gasteiger partial charge on any atom is -0.451 e. The van der Waals surface area contributed by atoms with Crippen molar-refractivity contribution in [2.75, 3.05) is 6.26 Å². The first-order valence-corrected chi connectivity index (χ1v) is 13.3. The van der Waals surface area contributed by atoms with Crippen molar-refractivity contribution in [2.45, 2.75) is 49.6 Å². The van der Waals surface area contributed by atoms with Gasteiger partial charge in [0, 0.05) is 11.6 Å². The van der Waals surface area contributed by atoms with Gasteiger partial charge in [0.1, 0.15) is 17.2 Å². The molecule has 2 N–H and O–H groups in total. The van der Waals surface area contributed by atoms with Gasteiger partial charge in [-0.2, -0.15) is 5.26 Å². The van der Waals surface area contributed by atoms with Crippen LogP contribution in [0.3, 0.4) is 0 Å². The van der Waals surface area contributed by atoms with E-state index in [1.165, 1.54) is 0 Å². The minimum absolute atomic E-state index is 0.0764. The molecule has 0 spiro atoms. The number of benzene rings is 2.